The van der Waals surface area contributed by atoms with E-state index in [1.54, 1.807) is 17.5 Å². The molecule has 0 saturated carbocycles. The molecule has 0 aromatic carbocycles. The summed E-state index contributed by atoms with van der Waals surface area (Å²) in [5.41, 5.74) is 1.25. The molecular weight excluding hydrogens is 206 g/mol. The fourth-order valence-electron chi connectivity index (χ4n) is 1.41. The summed E-state index contributed by atoms with van der Waals surface area (Å²) >= 11 is 1.65. The normalized spacial score (nSPS) is 12.0. The van der Waals surface area contributed by atoms with Crippen LogP contribution in [0.5, 0.6) is 0 Å². The van der Waals surface area contributed by atoms with Gasteiger partial charge in [-0.3, -0.25) is 0 Å². The maximum atomic E-state index is 4.50. The topological polar surface area (TPSA) is 30.2 Å². The van der Waals surface area contributed by atoms with E-state index in [0.29, 0.717) is 0 Å². The molecule has 0 amide bonds. The van der Waals surface area contributed by atoms with Crippen molar-refractivity contribution in [1.29, 1.82) is 0 Å². The van der Waals surface area contributed by atoms with Gasteiger partial charge < -0.3 is 4.57 Å². The molecule has 0 radical (unpaired) electrons. The highest BCUT2D eigenvalue weighted by Gasteiger charge is 1.98. The third-order valence-electron chi connectivity index (χ3n) is 2.17. The average Bonchev–Trinajstić information content (AvgIpc) is 2.61. The summed E-state index contributed by atoms with van der Waals surface area (Å²) in [4.78, 5) is 9.70. The monoisotopic (exact) mass is 219 g/mol. The molecule has 2 heterocycles. The quantitative estimate of drug-likeness (QED) is 0.763. The summed E-state index contributed by atoms with van der Waals surface area (Å²) in [7, 11) is 0. The summed E-state index contributed by atoms with van der Waals surface area (Å²) in [6.07, 6.45) is 1.76. The molecule has 2 aromatic heterocycles. The van der Waals surface area contributed by atoms with E-state index >= 15 is 0 Å². The van der Waals surface area contributed by atoms with E-state index in [1.807, 2.05) is 18.2 Å². The number of hydrogen-bond donors (Lipinski definition) is 0. The molecule has 0 bridgehead atoms. The molecule has 2 rings (SSSR count). The molecule has 0 fully saturated rings. The predicted molar refractivity (Wildman–Crippen MR) is 62.2 cm³/mol. The number of pyridine rings is 1. The lowest BCUT2D eigenvalue weighted by Gasteiger charge is -1.99. The second kappa shape index (κ2) is 4.40. The largest absolute Gasteiger partial charge is 0.321 e. The van der Waals surface area contributed by atoms with Crippen molar-refractivity contribution in [2.75, 3.05) is 0 Å². The molecule has 4 heteroatoms. The second-order valence-corrected chi connectivity index (χ2v) is 4.04. The molecule has 0 unspecified atom stereocenters. The fourth-order valence-corrected chi connectivity index (χ4v) is 2.36. The standard InChI is InChI=1S/C11H13N3S/c1-3-14-9(2)8-15-11(14)13-10-6-4-5-7-12-10/h4-8H,3H2,1-2H3/b13-11+. The Balaban J connectivity index is 2.50. The van der Waals surface area contributed by atoms with Crippen LogP contribution in [0.3, 0.4) is 0 Å². The van der Waals surface area contributed by atoms with Gasteiger partial charge in [0.2, 0.25) is 0 Å². The van der Waals surface area contributed by atoms with Crippen LogP contribution < -0.4 is 4.80 Å². The van der Waals surface area contributed by atoms with Crippen LogP contribution in [0.1, 0.15) is 12.6 Å². The average molecular weight is 219 g/mol. The zero-order chi connectivity index (χ0) is 10.7. The number of nitrogens with zero attached hydrogens (tertiary/aromatic N) is 3. The van der Waals surface area contributed by atoms with Crippen molar-refractivity contribution < 1.29 is 0 Å². The Morgan fingerprint density at radius 3 is 3.00 bits per heavy atom. The van der Waals surface area contributed by atoms with Gasteiger partial charge in [0, 0.05) is 23.8 Å². The van der Waals surface area contributed by atoms with E-state index in [-0.39, 0.29) is 0 Å². The summed E-state index contributed by atoms with van der Waals surface area (Å²) in [5, 5.41) is 2.12. The van der Waals surface area contributed by atoms with Crippen LogP contribution in [0.15, 0.2) is 34.8 Å². The Bertz CT molecular complexity index is 496. The van der Waals surface area contributed by atoms with Crippen molar-refractivity contribution >= 4 is 17.2 Å². The highest BCUT2D eigenvalue weighted by molar-refractivity contribution is 7.07. The molecule has 0 spiro atoms. The first-order valence-corrected chi connectivity index (χ1v) is 5.80. The highest BCUT2D eigenvalue weighted by Crippen LogP contribution is 2.06. The van der Waals surface area contributed by atoms with Crippen molar-refractivity contribution in [3.63, 3.8) is 0 Å². The lowest BCUT2D eigenvalue weighted by Crippen LogP contribution is -2.14. The van der Waals surface area contributed by atoms with Crippen LogP contribution >= 0.6 is 11.3 Å². The van der Waals surface area contributed by atoms with Crippen molar-refractivity contribution in [2.45, 2.75) is 20.4 Å². The van der Waals surface area contributed by atoms with Crippen LogP contribution in [0.25, 0.3) is 0 Å². The van der Waals surface area contributed by atoms with Gasteiger partial charge in [-0.1, -0.05) is 6.07 Å². The fraction of sp³-hybridized carbons (Fsp3) is 0.273. The van der Waals surface area contributed by atoms with Crippen molar-refractivity contribution in [3.05, 3.63) is 40.3 Å². The van der Waals surface area contributed by atoms with Crippen molar-refractivity contribution in [1.82, 2.24) is 9.55 Å². The van der Waals surface area contributed by atoms with Crippen LogP contribution in [-0.4, -0.2) is 9.55 Å². The van der Waals surface area contributed by atoms with E-state index in [4.69, 9.17) is 0 Å². The van der Waals surface area contributed by atoms with Gasteiger partial charge in [0.05, 0.1) is 0 Å². The molecule has 2 aromatic rings. The SMILES string of the molecule is CCn1c(C)cs/c1=N/c1ccccn1. The Hall–Kier alpha value is -1.42. The number of rotatable bonds is 2. The van der Waals surface area contributed by atoms with Gasteiger partial charge in [-0.15, -0.1) is 11.3 Å². The van der Waals surface area contributed by atoms with Gasteiger partial charge in [-0.05, 0) is 26.0 Å². The molecule has 0 aliphatic carbocycles. The summed E-state index contributed by atoms with van der Waals surface area (Å²) < 4.78 is 2.18. The number of aryl methyl sites for hydroxylation is 1. The van der Waals surface area contributed by atoms with Gasteiger partial charge in [-0.25, -0.2) is 9.98 Å². The zero-order valence-electron chi connectivity index (χ0n) is 8.84. The molecule has 0 N–H and O–H groups in total. The molecule has 0 saturated heterocycles. The summed E-state index contributed by atoms with van der Waals surface area (Å²) in [6, 6.07) is 5.75. The number of aromatic nitrogens is 2. The van der Waals surface area contributed by atoms with E-state index in [0.717, 1.165) is 17.2 Å². The van der Waals surface area contributed by atoms with Crippen molar-refractivity contribution in [3.8, 4) is 0 Å². The molecule has 15 heavy (non-hydrogen) atoms. The van der Waals surface area contributed by atoms with Crippen LogP contribution in [0.4, 0.5) is 5.82 Å². The van der Waals surface area contributed by atoms with Gasteiger partial charge in [-0.2, -0.15) is 0 Å². The first kappa shape index (κ1) is 10.1. The molecule has 0 atom stereocenters. The zero-order valence-corrected chi connectivity index (χ0v) is 9.66. The number of hydrogen-bond acceptors (Lipinski definition) is 3. The van der Waals surface area contributed by atoms with Crippen LogP contribution in [-0.2, 0) is 6.54 Å². The lowest BCUT2D eigenvalue weighted by atomic mass is 10.5. The Morgan fingerprint density at radius 1 is 1.47 bits per heavy atom. The van der Waals surface area contributed by atoms with Crippen molar-refractivity contribution in [2.24, 2.45) is 4.99 Å². The predicted octanol–water partition coefficient (Wildman–Crippen LogP) is 2.51. The van der Waals surface area contributed by atoms with Crippen LogP contribution in [0.2, 0.25) is 0 Å². The lowest BCUT2D eigenvalue weighted by molar-refractivity contribution is 0.711. The summed E-state index contributed by atoms with van der Waals surface area (Å²) in [5.74, 6) is 0.765. The first-order valence-electron chi connectivity index (χ1n) is 4.92. The highest BCUT2D eigenvalue weighted by atomic mass is 32.1. The van der Waals surface area contributed by atoms with E-state index in [9.17, 15) is 0 Å². The Morgan fingerprint density at radius 2 is 2.33 bits per heavy atom. The second-order valence-electron chi connectivity index (χ2n) is 3.20. The van der Waals surface area contributed by atoms with Gasteiger partial charge in [0.25, 0.3) is 0 Å². The third-order valence-corrected chi connectivity index (χ3v) is 3.15. The minimum Gasteiger partial charge on any atom is -0.321 e. The molecular formula is C11H13N3S. The van der Waals surface area contributed by atoms with Crippen LogP contribution in [0, 0.1) is 6.92 Å². The smallest absolute Gasteiger partial charge is 0.191 e. The first-order chi connectivity index (χ1) is 7.31. The van der Waals surface area contributed by atoms with E-state index < -0.39 is 0 Å². The third kappa shape index (κ3) is 2.15. The molecule has 78 valence electrons. The minimum atomic E-state index is 0.765. The van der Waals surface area contributed by atoms with Gasteiger partial charge in [0.1, 0.15) is 0 Å². The molecule has 3 nitrogen and oxygen atoms in total. The maximum absolute atomic E-state index is 4.50. The van der Waals surface area contributed by atoms with E-state index in [1.165, 1.54) is 5.69 Å². The maximum Gasteiger partial charge on any atom is 0.191 e. The van der Waals surface area contributed by atoms with E-state index in [2.05, 4.69) is 33.8 Å². The summed E-state index contributed by atoms with van der Waals surface area (Å²) in [6.45, 7) is 5.16. The minimum absolute atomic E-state index is 0.765. The van der Waals surface area contributed by atoms with Gasteiger partial charge >= 0.3 is 0 Å². The Labute approximate surface area is 92.8 Å². The molecule has 0 aliphatic heterocycles. The van der Waals surface area contributed by atoms with Gasteiger partial charge in [0.15, 0.2) is 10.6 Å². The Kier molecular flexibility index (Phi) is 2.97. The number of thiazole rings is 1. The molecule has 0 aliphatic rings.